The van der Waals surface area contributed by atoms with Gasteiger partial charge >= 0.3 is 0 Å². The molecule has 0 saturated heterocycles. The van der Waals surface area contributed by atoms with Crippen LogP contribution in [-0.2, 0) is 6.42 Å². The second kappa shape index (κ2) is 8.20. The number of methoxy groups -OCH3 is 1. The molecule has 3 heteroatoms. The third-order valence-electron chi connectivity index (χ3n) is 3.73. The zero-order chi connectivity index (χ0) is 15.1. The third kappa shape index (κ3) is 4.58. The number of hydrogen-bond acceptors (Lipinski definition) is 2. The van der Waals surface area contributed by atoms with Crippen LogP contribution in [0.25, 0.3) is 0 Å². The van der Waals surface area contributed by atoms with E-state index in [1.54, 1.807) is 7.11 Å². The SMILES string of the molecule is CNC(CCCc1ccccc1)c1cc(OC)ccc1Br. The summed E-state index contributed by atoms with van der Waals surface area (Å²) in [6, 6.07) is 17.1. The van der Waals surface area contributed by atoms with Crippen LogP contribution in [0, 0.1) is 0 Å². The van der Waals surface area contributed by atoms with E-state index in [0.717, 1.165) is 29.5 Å². The zero-order valence-electron chi connectivity index (χ0n) is 12.6. The number of hydrogen-bond donors (Lipinski definition) is 1. The van der Waals surface area contributed by atoms with Crippen molar-refractivity contribution in [2.45, 2.75) is 25.3 Å². The van der Waals surface area contributed by atoms with Gasteiger partial charge in [-0.25, -0.2) is 0 Å². The first-order valence-electron chi connectivity index (χ1n) is 7.29. The van der Waals surface area contributed by atoms with E-state index in [9.17, 15) is 0 Å². The number of benzene rings is 2. The van der Waals surface area contributed by atoms with Crippen molar-refractivity contribution in [1.29, 1.82) is 0 Å². The Hall–Kier alpha value is -1.32. The van der Waals surface area contributed by atoms with Gasteiger partial charge in [-0.3, -0.25) is 0 Å². The van der Waals surface area contributed by atoms with Crippen LogP contribution in [0.3, 0.4) is 0 Å². The number of aryl methyl sites for hydroxylation is 1. The van der Waals surface area contributed by atoms with Crippen molar-refractivity contribution in [1.82, 2.24) is 5.32 Å². The fourth-order valence-corrected chi connectivity index (χ4v) is 3.05. The van der Waals surface area contributed by atoms with E-state index >= 15 is 0 Å². The first-order chi connectivity index (χ1) is 10.2. The second-order valence-corrected chi connectivity index (χ2v) is 5.96. The Morgan fingerprint density at radius 2 is 1.90 bits per heavy atom. The van der Waals surface area contributed by atoms with Gasteiger partial charge in [0.25, 0.3) is 0 Å². The Morgan fingerprint density at radius 3 is 2.57 bits per heavy atom. The molecule has 0 spiro atoms. The van der Waals surface area contributed by atoms with Crippen LogP contribution in [0.5, 0.6) is 5.75 Å². The van der Waals surface area contributed by atoms with Gasteiger partial charge in [-0.15, -0.1) is 0 Å². The first-order valence-corrected chi connectivity index (χ1v) is 8.08. The molecule has 1 atom stereocenters. The lowest BCUT2D eigenvalue weighted by Gasteiger charge is -2.19. The molecule has 0 bridgehead atoms. The molecule has 0 radical (unpaired) electrons. The lowest BCUT2D eigenvalue weighted by Crippen LogP contribution is -2.17. The molecule has 0 aromatic heterocycles. The fraction of sp³-hybridized carbons (Fsp3) is 0.333. The van der Waals surface area contributed by atoms with E-state index in [4.69, 9.17) is 4.74 Å². The standard InChI is InChI=1S/C18H22BrNO/c1-20-18(10-6-9-14-7-4-3-5-8-14)16-13-15(21-2)11-12-17(16)19/h3-5,7-8,11-13,18,20H,6,9-10H2,1-2H3. The number of ether oxygens (including phenoxy) is 1. The largest absolute Gasteiger partial charge is 0.497 e. The van der Waals surface area contributed by atoms with Crippen LogP contribution in [-0.4, -0.2) is 14.2 Å². The van der Waals surface area contributed by atoms with Gasteiger partial charge in [0.15, 0.2) is 0 Å². The van der Waals surface area contributed by atoms with Gasteiger partial charge in [0.2, 0.25) is 0 Å². The summed E-state index contributed by atoms with van der Waals surface area (Å²) in [6.45, 7) is 0. The summed E-state index contributed by atoms with van der Waals surface area (Å²) in [5.41, 5.74) is 2.65. The summed E-state index contributed by atoms with van der Waals surface area (Å²) in [5, 5.41) is 3.41. The maximum atomic E-state index is 5.33. The Kier molecular flexibility index (Phi) is 6.27. The highest BCUT2D eigenvalue weighted by Crippen LogP contribution is 2.30. The maximum absolute atomic E-state index is 5.33. The van der Waals surface area contributed by atoms with Crippen molar-refractivity contribution >= 4 is 15.9 Å². The molecule has 0 aliphatic carbocycles. The van der Waals surface area contributed by atoms with E-state index in [0.29, 0.717) is 6.04 Å². The molecule has 2 aromatic carbocycles. The van der Waals surface area contributed by atoms with Crippen LogP contribution in [0.4, 0.5) is 0 Å². The van der Waals surface area contributed by atoms with Gasteiger partial charge in [-0.1, -0.05) is 46.3 Å². The molecule has 0 aliphatic heterocycles. The van der Waals surface area contributed by atoms with Gasteiger partial charge in [-0.05, 0) is 55.6 Å². The smallest absolute Gasteiger partial charge is 0.119 e. The quantitative estimate of drug-likeness (QED) is 0.780. The molecule has 0 amide bonds. The monoisotopic (exact) mass is 347 g/mol. The average molecular weight is 348 g/mol. The van der Waals surface area contributed by atoms with Gasteiger partial charge in [0.05, 0.1) is 7.11 Å². The number of nitrogens with one attached hydrogen (secondary N) is 1. The van der Waals surface area contributed by atoms with Gasteiger partial charge in [0.1, 0.15) is 5.75 Å². The van der Waals surface area contributed by atoms with E-state index < -0.39 is 0 Å². The summed E-state index contributed by atoms with van der Waals surface area (Å²) < 4.78 is 6.46. The van der Waals surface area contributed by atoms with E-state index in [2.05, 4.69) is 63.7 Å². The van der Waals surface area contributed by atoms with Crippen molar-refractivity contribution in [3.8, 4) is 5.75 Å². The highest BCUT2D eigenvalue weighted by atomic mass is 79.9. The van der Waals surface area contributed by atoms with Gasteiger partial charge in [-0.2, -0.15) is 0 Å². The highest BCUT2D eigenvalue weighted by Gasteiger charge is 2.13. The Bertz CT molecular complexity index is 556. The van der Waals surface area contributed by atoms with Crippen LogP contribution >= 0.6 is 15.9 Å². The van der Waals surface area contributed by atoms with E-state index in [-0.39, 0.29) is 0 Å². The molecule has 0 fully saturated rings. The molecule has 0 saturated carbocycles. The zero-order valence-corrected chi connectivity index (χ0v) is 14.2. The molecule has 0 heterocycles. The van der Waals surface area contributed by atoms with E-state index in [1.807, 2.05) is 13.1 Å². The molecule has 2 nitrogen and oxygen atoms in total. The predicted octanol–water partition coefficient (Wildman–Crippen LogP) is 4.74. The van der Waals surface area contributed by atoms with Crippen LogP contribution in [0.2, 0.25) is 0 Å². The molecule has 21 heavy (non-hydrogen) atoms. The molecule has 112 valence electrons. The maximum Gasteiger partial charge on any atom is 0.119 e. The lowest BCUT2D eigenvalue weighted by atomic mass is 9.99. The molecule has 2 aromatic rings. The molecule has 0 aliphatic rings. The third-order valence-corrected chi connectivity index (χ3v) is 4.45. The lowest BCUT2D eigenvalue weighted by molar-refractivity contribution is 0.412. The van der Waals surface area contributed by atoms with Gasteiger partial charge in [0, 0.05) is 10.5 Å². The molecular weight excluding hydrogens is 326 g/mol. The average Bonchev–Trinajstić information content (AvgIpc) is 2.53. The molecular formula is C18H22BrNO. The number of halogens is 1. The normalized spacial score (nSPS) is 12.1. The summed E-state index contributed by atoms with van der Waals surface area (Å²) in [6.07, 6.45) is 3.36. The van der Waals surface area contributed by atoms with E-state index in [1.165, 1.54) is 11.1 Å². The van der Waals surface area contributed by atoms with Crippen molar-refractivity contribution in [3.05, 3.63) is 64.1 Å². The second-order valence-electron chi connectivity index (χ2n) is 5.11. The highest BCUT2D eigenvalue weighted by molar-refractivity contribution is 9.10. The van der Waals surface area contributed by atoms with Crippen LogP contribution < -0.4 is 10.1 Å². The van der Waals surface area contributed by atoms with Crippen molar-refractivity contribution in [2.75, 3.05) is 14.2 Å². The van der Waals surface area contributed by atoms with Crippen molar-refractivity contribution in [2.24, 2.45) is 0 Å². The van der Waals surface area contributed by atoms with Crippen molar-refractivity contribution < 1.29 is 4.74 Å². The Balaban J connectivity index is 1.99. The van der Waals surface area contributed by atoms with Crippen LogP contribution in [0.1, 0.15) is 30.0 Å². The molecule has 2 rings (SSSR count). The minimum atomic E-state index is 0.332. The Morgan fingerprint density at radius 1 is 1.14 bits per heavy atom. The number of rotatable bonds is 7. The minimum absolute atomic E-state index is 0.332. The fourth-order valence-electron chi connectivity index (χ4n) is 2.53. The summed E-state index contributed by atoms with van der Waals surface area (Å²) in [7, 11) is 3.72. The van der Waals surface area contributed by atoms with Gasteiger partial charge < -0.3 is 10.1 Å². The molecule has 1 N–H and O–H groups in total. The first kappa shape index (κ1) is 16.1. The summed E-state index contributed by atoms with van der Waals surface area (Å²) >= 11 is 3.64. The summed E-state index contributed by atoms with van der Waals surface area (Å²) in [5.74, 6) is 0.900. The predicted molar refractivity (Wildman–Crippen MR) is 91.9 cm³/mol. The topological polar surface area (TPSA) is 21.3 Å². The van der Waals surface area contributed by atoms with Crippen molar-refractivity contribution in [3.63, 3.8) is 0 Å². The Labute approximate surface area is 135 Å². The summed E-state index contributed by atoms with van der Waals surface area (Å²) in [4.78, 5) is 0. The van der Waals surface area contributed by atoms with Crippen LogP contribution in [0.15, 0.2) is 53.0 Å². The minimum Gasteiger partial charge on any atom is -0.497 e. The molecule has 1 unspecified atom stereocenters.